The average Bonchev–Trinajstić information content (AvgIpc) is 3.08. The van der Waals surface area contributed by atoms with Crippen molar-refractivity contribution in [1.29, 1.82) is 0 Å². The van der Waals surface area contributed by atoms with E-state index in [-0.39, 0.29) is 23.3 Å². The van der Waals surface area contributed by atoms with Crippen molar-refractivity contribution in [2.24, 2.45) is 0 Å². The first-order chi connectivity index (χ1) is 22.2. The van der Waals surface area contributed by atoms with Gasteiger partial charge in [0, 0.05) is 0 Å². The molecule has 0 fully saturated rings. The van der Waals surface area contributed by atoms with Crippen LogP contribution in [0.2, 0.25) is 0 Å². The number of hydrogen-bond acceptors (Lipinski definition) is 0. The summed E-state index contributed by atoms with van der Waals surface area (Å²) in [6.45, 7) is -4.95. The molecule has 0 saturated carbocycles. The molecule has 7 rings (SSSR count). The van der Waals surface area contributed by atoms with Gasteiger partial charge in [0.1, 0.15) is 23.3 Å². The summed E-state index contributed by atoms with van der Waals surface area (Å²) in [6, 6.07) is 42.4. The predicted molar refractivity (Wildman–Crippen MR) is 193 cm³/mol. The number of benzene rings is 7. The van der Waals surface area contributed by atoms with Crippen molar-refractivity contribution in [3.05, 3.63) is 169 Å². The van der Waals surface area contributed by atoms with E-state index in [4.69, 9.17) is 12.6 Å². The SMILES string of the molecule is C=P(c1ccc(F)cc1)(c1ccc(F)cc1)c1ccc2c(ccc3cc(P(=C)(c4ccc(F)cc4)c4ccc(F)cc4)ccc32)c1. The molecule has 7 aromatic carbocycles. The van der Waals surface area contributed by atoms with Gasteiger partial charge in [0.25, 0.3) is 0 Å². The Balaban J connectivity index is 1.38. The Hall–Kier alpha value is -4.62. The molecule has 0 spiro atoms. The fourth-order valence-corrected chi connectivity index (χ4v) is 12.0. The van der Waals surface area contributed by atoms with E-state index < -0.39 is 13.8 Å². The summed E-state index contributed by atoms with van der Waals surface area (Å²) < 4.78 is 55.7. The second-order valence-corrected chi connectivity index (χ2v) is 17.7. The third kappa shape index (κ3) is 5.13. The van der Waals surface area contributed by atoms with Crippen LogP contribution in [-0.2, 0) is 0 Å². The van der Waals surface area contributed by atoms with Crippen molar-refractivity contribution in [3.63, 3.8) is 0 Å². The number of halogens is 4. The molecule has 0 aliphatic rings. The summed E-state index contributed by atoms with van der Waals surface area (Å²) >= 11 is 0. The molecule has 0 N–H and O–H groups in total. The number of hydrogen-bond donors (Lipinski definition) is 0. The van der Waals surface area contributed by atoms with Crippen molar-refractivity contribution in [2.75, 3.05) is 0 Å². The smallest absolute Gasteiger partial charge is 0.123 e. The standard InChI is InChI=1S/C40H28F4P2/c1-45(33-13-5-29(41)6-14-33,34-15-7-30(42)8-16-34)37-21-23-39-27(25-37)3-4-28-26-38(22-24-40(28)39)46(2,35-17-9-31(43)10-18-35)36-19-11-32(44)12-20-36/h3-26H,1-2H2. The predicted octanol–water partition coefficient (Wildman–Crippen LogP) is 8.00. The Kier molecular flexibility index (Phi) is 7.60. The first kappa shape index (κ1) is 30.1. The van der Waals surface area contributed by atoms with Crippen molar-refractivity contribution >= 4 is 79.7 Å². The minimum Gasteiger partial charge on any atom is -0.207 e. The van der Waals surface area contributed by atoms with Gasteiger partial charge in [-0.25, -0.2) is 17.6 Å². The maximum Gasteiger partial charge on any atom is 0.123 e. The van der Waals surface area contributed by atoms with Crippen LogP contribution < -0.4 is 31.8 Å². The lowest BCUT2D eigenvalue weighted by Gasteiger charge is -2.28. The van der Waals surface area contributed by atoms with Crippen molar-refractivity contribution in [1.82, 2.24) is 0 Å². The van der Waals surface area contributed by atoms with Gasteiger partial charge in [-0.2, -0.15) is 0 Å². The highest BCUT2D eigenvalue weighted by Gasteiger charge is 2.25. The van der Waals surface area contributed by atoms with E-state index in [9.17, 15) is 17.6 Å². The van der Waals surface area contributed by atoms with Gasteiger partial charge in [-0.3, -0.25) is 0 Å². The first-order valence-corrected chi connectivity index (χ1v) is 18.6. The molecule has 0 radical (unpaired) electrons. The second kappa shape index (κ2) is 11.6. The van der Waals surface area contributed by atoms with Crippen LogP contribution in [0.1, 0.15) is 0 Å². The Morgan fingerprint density at radius 3 is 0.804 bits per heavy atom. The Morgan fingerprint density at radius 2 is 0.543 bits per heavy atom. The van der Waals surface area contributed by atoms with Crippen LogP contribution in [0.25, 0.3) is 21.5 Å². The molecule has 7 aromatic rings. The summed E-state index contributed by atoms with van der Waals surface area (Å²) in [6.07, 6.45) is 9.46. The van der Waals surface area contributed by atoms with Gasteiger partial charge in [-0.15, -0.1) is 0 Å². The Morgan fingerprint density at radius 1 is 0.304 bits per heavy atom. The van der Waals surface area contributed by atoms with E-state index >= 15 is 0 Å². The van der Waals surface area contributed by atoms with Crippen LogP contribution >= 0.6 is 13.8 Å². The van der Waals surface area contributed by atoms with Crippen LogP contribution in [0.15, 0.2) is 146 Å². The molecule has 0 aliphatic carbocycles. The lowest BCUT2D eigenvalue weighted by atomic mass is 10.0. The van der Waals surface area contributed by atoms with Crippen molar-refractivity contribution < 1.29 is 17.6 Å². The van der Waals surface area contributed by atoms with Gasteiger partial charge in [0.15, 0.2) is 0 Å². The molecule has 0 amide bonds. The lowest BCUT2D eigenvalue weighted by molar-refractivity contribution is 0.628. The van der Waals surface area contributed by atoms with Gasteiger partial charge >= 0.3 is 0 Å². The monoisotopic (exact) mass is 646 g/mol. The number of rotatable bonds is 6. The summed E-state index contributed by atoms with van der Waals surface area (Å²) in [5.41, 5.74) is 0. The molecule has 0 saturated heterocycles. The largest absolute Gasteiger partial charge is 0.207 e. The normalized spacial score (nSPS) is 12.1. The van der Waals surface area contributed by atoms with Crippen molar-refractivity contribution in [3.8, 4) is 0 Å². The van der Waals surface area contributed by atoms with Crippen LogP contribution in [-0.4, -0.2) is 12.6 Å². The average molecular weight is 647 g/mol. The number of fused-ring (bicyclic) bond motifs is 3. The second-order valence-electron chi connectivity index (χ2n) is 11.4. The zero-order chi connectivity index (χ0) is 32.1. The van der Waals surface area contributed by atoms with E-state index in [0.29, 0.717) is 0 Å². The van der Waals surface area contributed by atoms with Gasteiger partial charge in [0.2, 0.25) is 0 Å². The van der Waals surface area contributed by atoms with E-state index in [1.807, 2.05) is 0 Å². The van der Waals surface area contributed by atoms with E-state index in [1.54, 1.807) is 48.5 Å². The Labute approximate surface area is 265 Å². The molecule has 0 bridgehead atoms. The molecular formula is C40H28F4P2. The lowest BCUT2D eigenvalue weighted by Crippen LogP contribution is -2.26. The molecule has 226 valence electrons. The van der Waals surface area contributed by atoms with E-state index in [0.717, 1.165) is 53.4 Å². The van der Waals surface area contributed by atoms with Gasteiger partial charge in [-0.05, 0) is 128 Å². The van der Waals surface area contributed by atoms with Crippen LogP contribution in [0.4, 0.5) is 17.6 Å². The topological polar surface area (TPSA) is 0 Å². The zero-order valence-corrected chi connectivity index (χ0v) is 26.5. The third-order valence-electron chi connectivity index (χ3n) is 8.75. The molecule has 6 heteroatoms. The molecule has 0 aromatic heterocycles. The molecule has 0 nitrogen and oxygen atoms in total. The fraction of sp³-hybridized carbons (Fsp3) is 0. The summed E-state index contributed by atoms with van der Waals surface area (Å²) in [7, 11) is 0. The van der Waals surface area contributed by atoms with E-state index in [2.05, 4.69) is 48.5 Å². The molecule has 0 atom stereocenters. The fourth-order valence-electron chi connectivity index (χ4n) is 6.20. The first-order valence-electron chi connectivity index (χ1n) is 14.7. The van der Waals surface area contributed by atoms with Gasteiger partial charge in [-0.1, -0.05) is 97.5 Å². The molecule has 0 heterocycles. The van der Waals surface area contributed by atoms with Crippen LogP contribution in [0, 0.1) is 23.3 Å². The minimum atomic E-state index is -2.48. The highest BCUT2D eigenvalue weighted by Crippen LogP contribution is 2.44. The van der Waals surface area contributed by atoms with Gasteiger partial charge in [0.05, 0.1) is 0 Å². The Bertz CT molecular complexity index is 2060. The highest BCUT2D eigenvalue weighted by atomic mass is 31.2. The van der Waals surface area contributed by atoms with Gasteiger partial charge < -0.3 is 0 Å². The summed E-state index contributed by atoms with van der Waals surface area (Å²) in [4.78, 5) is 0. The third-order valence-corrected chi connectivity index (χ3v) is 15.8. The summed E-state index contributed by atoms with van der Waals surface area (Å²) in [5, 5.41) is 9.68. The minimum absolute atomic E-state index is 0.327. The molecule has 0 aliphatic heterocycles. The molecule has 0 unspecified atom stereocenters. The zero-order valence-electron chi connectivity index (χ0n) is 24.7. The van der Waals surface area contributed by atoms with Crippen molar-refractivity contribution in [2.45, 2.75) is 0 Å². The van der Waals surface area contributed by atoms with Crippen LogP contribution in [0.5, 0.6) is 0 Å². The summed E-state index contributed by atoms with van der Waals surface area (Å²) in [5.74, 6) is -1.31. The molecular weight excluding hydrogens is 618 g/mol. The molecule has 46 heavy (non-hydrogen) atoms. The quantitative estimate of drug-likeness (QED) is 0.0977. The highest BCUT2D eigenvalue weighted by molar-refractivity contribution is 7.93. The maximum atomic E-state index is 13.9. The maximum absolute atomic E-state index is 13.9. The van der Waals surface area contributed by atoms with E-state index in [1.165, 1.54) is 48.5 Å². The van der Waals surface area contributed by atoms with Crippen LogP contribution in [0.3, 0.4) is 0 Å².